The summed E-state index contributed by atoms with van der Waals surface area (Å²) in [6, 6.07) is 10.5. The Morgan fingerprint density at radius 1 is 0.955 bits per heavy atom. The molecule has 1 aromatic heterocycles. The van der Waals surface area contributed by atoms with Crippen LogP contribution in [0.4, 0.5) is 28.9 Å². The molecular weight excluding hydrogens is 296 g/mol. The fourth-order valence-electron chi connectivity index (χ4n) is 2.16. The Morgan fingerprint density at radius 2 is 1.77 bits per heavy atom. The molecule has 0 aliphatic rings. The molecule has 1 heterocycles. The first-order valence-electron chi connectivity index (χ1n) is 6.42. The van der Waals surface area contributed by atoms with Crippen LogP contribution in [-0.2, 0) is 6.18 Å². The number of anilines is 2. The summed E-state index contributed by atoms with van der Waals surface area (Å²) in [4.78, 5) is 4.09. The van der Waals surface area contributed by atoms with Crippen molar-refractivity contribution < 1.29 is 17.6 Å². The van der Waals surface area contributed by atoms with Crippen LogP contribution in [0, 0.1) is 5.82 Å². The topological polar surface area (TPSA) is 24.9 Å². The molecule has 0 bridgehead atoms. The van der Waals surface area contributed by atoms with Gasteiger partial charge in [0.25, 0.3) is 0 Å². The van der Waals surface area contributed by atoms with Crippen molar-refractivity contribution in [2.75, 3.05) is 5.32 Å². The zero-order chi connectivity index (χ0) is 15.7. The number of pyridine rings is 1. The summed E-state index contributed by atoms with van der Waals surface area (Å²) < 4.78 is 51.5. The fourth-order valence-corrected chi connectivity index (χ4v) is 2.16. The molecule has 6 heteroatoms. The molecule has 2 aromatic carbocycles. The van der Waals surface area contributed by atoms with Crippen molar-refractivity contribution in [3.63, 3.8) is 0 Å². The van der Waals surface area contributed by atoms with Gasteiger partial charge in [-0.3, -0.25) is 4.98 Å². The van der Waals surface area contributed by atoms with Gasteiger partial charge in [0.05, 0.1) is 11.1 Å². The lowest BCUT2D eigenvalue weighted by molar-refractivity contribution is -0.137. The maximum Gasteiger partial charge on any atom is 0.416 e. The Kier molecular flexibility index (Phi) is 3.44. The van der Waals surface area contributed by atoms with E-state index in [0.29, 0.717) is 16.6 Å². The predicted octanol–water partition coefficient (Wildman–Crippen LogP) is 5.14. The molecule has 0 amide bonds. The third kappa shape index (κ3) is 2.86. The lowest BCUT2D eigenvalue weighted by Crippen LogP contribution is -2.05. The van der Waals surface area contributed by atoms with E-state index in [2.05, 4.69) is 10.3 Å². The largest absolute Gasteiger partial charge is 0.416 e. The van der Waals surface area contributed by atoms with Gasteiger partial charge in [0.2, 0.25) is 0 Å². The summed E-state index contributed by atoms with van der Waals surface area (Å²) >= 11 is 0. The van der Waals surface area contributed by atoms with Crippen LogP contribution in [0.25, 0.3) is 10.9 Å². The van der Waals surface area contributed by atoms with E-state index in [4.69, 9.17) is 0 Å². The van der Waals surface area contributed by atoms with Crippen LogP contribution in [0.5, 0.6) is 0 Å². The first kappa shape index (κ1) is 14.3. The summed E-state index contributed by atoms with van der Waals surface area (Å²) in [6.45, 7) is 0. The summed E-state index contributed by atoms with van der Waals surface area (Å²) in [5.74, 6) is -0.437. The molecule has 0 saturated heterocycles. The van der Waals surface area contributed by atoms with E-state index in [1.54, 1.807) is 6.07 Å². The number of hydrogen-bond acceptors (Lipinski definition) is 2. The average molecular weight is 306 g/mol. The Bertz CT molecular complexity index is 828. The summed E-state index contributed by atoms with van der Waals surface area (Å²) in [6.07, 6.45) is -2.90. The number of alkyl halides is 3. The number of aromatic nitrogens is 1. The SMILES string of the molecule is Fc1ccc2nccc(Nc3cccc(C(F)(F)F)c3)c2c1. The first-order chi connectivity index (χ1) is 10.4. The molecule has 3 rings (SSSR count). The van der Waals surface area contributed by atoms with E-state index in [9.17, 15) is 17.6 Å². The third-order valence-corrected chi connectivity index (χ3v) is 3.17. The molecule has 1 N–H and O–H groups in total. The first-order valence-corrected chi connectivity index (χ1v) is 6.42. The highest BCUT2D eigenvalue weighted by molar-refractivity contribution is 5.92. The van der Waals surface area contributed by atoms with Crippen molar-refractivity contribution in [3.05, 3.63) is 66.1 Å². The number of halogens is 4. The predicted molar refractivity (Wildman–Crippen MR) is 76.4 cm³/mol. The molecule has 0 unspecified atom stereocenters. The number of benzene rings is 2. The Morgan fingerprint density at radius 3 is 2.55 bits per heavy atom. The quantitative estimate of drug-likeness (QED) is 0.663. The average Bonchev–Trinajstić information content (AvgIpc) is 2.47. The van der Waals surface area contributed by atoms with E-state index in [1.807, 2.05) is 0 Å². The molecule has 0 radical (unpaired) electrons. The summed E-state index contributed by atoms with van der Waals surface area (Å²) in [7, 11) is 0. The van der Waals surface area contributed by atoms with Gasteiger partial charge in [0.1, 0.15) is 5.82 Å². The van der Waals surface area contributed by atoms with Crippen LogP contribution < -0.4 is 5.32 Å². The molecule has 0 fully saturated rings. The fraction of sp³-hybridized carbons (Fsp3) is 0.0625. The van der Waals surface area contributed by atoms with Gasteiger partial charge < -0.3 is 5.32 Å². The van der Waals surface area contributed by atoms with E-state index in [0.717, 1.165) is 12.1 Å². The maximum absolute atomic E-state index is 13.4. The van der Waals surface area contributed by atoms with Gasteiger partial charge in [0, 0.05) is 23.0 Å². The minimum atomic E-state index is -4.41. The van der Waals surface area contributed by atoms with Gasteiger partial charge in [-0.25, -0.2) is 4.39 Å². The third-order valence-electron chi connectivity index (χ3n) is 3.17. The van der Waals surface area contributed by atoms with Crippen LogP contribution in [0.2, 0.25) is 0 Å². The Labute approximate surface area is 123 Å². The molecule has 3 aromatic rings. The molecule has 112 valence electrons. The summed E-state index contributed by atoms with van der Waals surface area (Å²) in [5, 5.41) is 3.38. The normalized spacial score (nSPS) is 11.6. The van der Waals surface area contributed by atoms with Crippen molar-refractivity contribution in [3.8, 4) is 0 Å². The molecule has 22 heavy (non-hydrogen) atoms. The zero-order valence-electron chi connectivity index (χ0n) is 11.2. The number of rotatable bonds is 2. The van der Waals surface area contributed by atoms with Crippen molar-refractivity contribution >= 4 is 22.3 Å². The standard InChI is InChI=1S/C16H10F4N2/c17-11-4-5-14-13(9-11)15(6-7-21-14)22-12-3-1-2-10(8-12)16(18,19)20/h1-9H,(H,21,22). The Balaban J connectivity index is 2.02. The van der Waals surface area contributed by atoms with Crippen LogP contribution in [0.3, 0.4) is 0 Å². The molecule has 0 spiro atoms. The maximum atomic E-state index is 13.4. The number of fused-ring (bicyclic) bond motifs is 1. The van der Waals surface area contributed by atoms with Crippen molar-refractivity contribution in [2.45, 2.75) is 6.18 Å². The lowest BCUT2D eigenvalue weighted by Gasteiger charge is -2.12. The van der Waals surface area contributed by atoms with Crippen molar-refractivity contribution in [1.82, 2.24) is 4.98 Å². The van der Waals surface area contributed by atoms with Gasteiger partial charge in [-0.15, -0.1) is 0 Å². The van der Waals surface area contributed by atoms with Gasteiger partial charge in [-0.05, 0) is 42.5 Å². The van der Waals surface area contributed by atoms with Gasteiger partial charge >= 0.3 is 6.18 Å². The number of nitrogens with zero attached hydrogens (tertiary/aromatic N) is 1. The molecule has 0 atom stereocenters. The van der Waals surface area contributed by atoms with Crippen LogP contribution >= 0.6 is 0 Å². The zero-order valence-corrected chi connectivity index (χ0v) is 11.2. The second kappa shape index (κ2) is 5.29. The van der Waals surface area contributed by atoms with Crippen molar-refractivity contribution in [2.24, 2.45) is 0 Å². The van der Waals surface area contributed by atoms with Gasteiger partial charge in [-0.1, -0.05) is 6.07 Å². The number of nitrogens with one attached hydrogen (secondary N) is 1. The second-order valence-electron chi connectivity index (χ2n) is 4.72. The smallest absolute Gasteiger partial charge is 0.355 e. The molecular formula is C16H10F4N2. The highest BCUT2D eigenvalue weighted by Gasteiger charge is 2.30. The minimum Gasteiger partial charge on any atom is -0.355 e. The monoisotopic (exact) mass is 306 g/mol. The Hall–Kier alpha value is -2.63. The van der Waals surface area contributed by atoms with Gasteiger partial charge in [0.15, 0.2) is 0 Å². The van der Waals surface area contributed by atoms with Crippen LogP contribution in [-0.4, -0.2) is 4.98 Å². The number of hydrogen-bond donors (Lipinski definition) is 1. The van der Waals surface area contributed by atoms with Gasteiger partial charge in [-0.2, -0.15) is 13.2 Å². The molecule has 0 aliphatic carbocycles. The van der Waals surface area contributed by atoms with E-state index in [-0.39, 0.29) is 5.69 Å². The molecule has 0 saturated carbocycles. The van der Waals surface area contributed by atoms with E-state index in [1.165, 1.54) is 36.5 Å². The molecule has 0 aliphatic heterocycles. The highest BCUT2D eigenvalue weighted by Crippen LogP contribution is 2.32. The van der Waals surface area contributed by atoms with Crippen LogP contribution in [0.15, 0.2) is 54.7 Å². The molecule has 2 nitrogen and oxygen atoms in total. The van der Waals surface area contributed by atoms with E-state index < -0.39 is 17.6 Å². The van der Waals surface area contributed by atoms with Crippen molar-refractivity contribution in [1.29, 1.82) is 0 Å². The second-order valence-corrected chi connectivity index (χ2v) is 4.72. The summed E-state index contributed by atoms with van der Waals surface area (Å²) in [5.41, 5.74) is 0.566. The van der Waals surface area contributed by atoms with Crippen LogP contribution in [0.1, 0.15) is 5.56 Å². The highest BCUT2D eigenvalue weighted by atomic mass is 19.4. The minimum absolute atomic E-state index is 0.270. The van der Waals surface area contributed by atoms with E-state index >= 15 is 0 Å². The lowest BCUT2D eigenvalue weighted by atomic mass is 10.1.